The summed E-state index contributed by atoms with van der Waals surface area (Å²) >= 11 is 0. The van der Waals surface area contributed by atoms with Crippen molar-refractivity contribution in [2.24, 2.45) is 4.99 Å². The number of halogens is 3. The molecule has 0 N–H and O–H groups in total. The highest BCUT2D eigenvalue weighted by Crippen LogP contribution is 2.40. The maximum Gasteiger partial charge on any atom is 0.416 e. The van der Waals surface area contributed by atoms with Gasteiger partial charge in [-0.05, 0) is 30.2 Å². The smallest absolute Gasteiger partial charge is 0.255 e. The van der Waals surface area contributed by atoms with E-state index in [9.17, 15) is 21.6 Å². The lowest BCUT2D eigenvalue weighted by atomic mass is 10.00. The SMILES string of the molecule is Cc1cc2c(c(C(F)(F)F)c1)CC(COS(=O)(=O)N(C)C)=N2. The summed E-state index contributed by atoms with van der Waals surface area (Å²) in [5, 5.41) is 0. The van der Waals surface area contributed by atoms with E-state index in [1.807, 2.05) is 0 Å². The topological polar surface area (TPSA) is 59.0 Å². The fraction of sp³-hybridized carbons (Fsp3) is 0.462. The summed E-state index contributed by atoms with van der Waals surface area (Å²) in [6, 6.07) is 2.60. The molecule has 5 nitrogen and oxygen atoms in total. The Bertz CT molecular complexity index is 725. The zero-order chi connectivity index (χ0) is 16.7. The maximum atomic E-state index is 13.0. The lowest BCUT2D eigenvalue weighted by molar-refractivity contribution is -0.138. The van der Waals surface area contributed by atoms with Crippen molar-refractivity contribution >= 4 is 21.7 Å². The zero-order valence-electron chi connectivity index (χ0n) is 12.2. The lowest BCUT2D eigenvalue weighted by Gasteiger charge is -2.13. The molecule has 1 heterocycles. The Morgan fingerprint density at radius 3 is 2.50 bits per heavy atom. The van der Waals surface area contributed by atoms with Crippen LogP contribution in [0.15, 0.2) is 17.1 Å². The first-order valence-electron chi connectivity index (χ1n) is 6.35. The molecule has 0 aliphatic carbocycles. The quantitative estimate of drug-likeness (QED) is 0.849. The molecule has 0 saturated carbocycles. The molecule has 0 saturated heterocycles. The van der Waals surface area contributed by atoms with Gasteiger partial charge in [-0.1, -0.05) is 0 Å². The minimum Gasteiger partial charge on any atom is -0.255 e. The van der Waals surface area contributed by atoms with Gasteiger partial charge in [0.1, 0.15) is 6.61 Å². The van der Waals surface area contributed by atoms with E-state index in [2.05, 4.69) is 4.99 Å². The summed E-state index contributed by atoms with van der Waals surface area (Å²) in [6.07, 6.45) is -4.55. The average Bonchev–Trinajstić information content (AvgIpc) is 2.76. The highest BCUT2D eigenvalue weighted by atomic mass is 32.2. The second-order valence-electron chi connectivity index (χ2n) is 5.17. The van der Waals surface area contributed by atoms with Crippen LogP contribution in [0.1, 0.15) is 16.7 Å². The van der Waals surface area contributed by atoms with Crippen LogP contribution in [0.4, 0.5) is 18.9 Å². The second-order valence-corrected chi connectivity index (χ2v) is 6.99. The van der Waals surface area contributed by atoms with Gasteiger partial charge in [0, 0.05) is 20.5 Å². The van der Waals surface area contributed by atoms with E-state index in [0.29, 0.717) is 5.56 Å². The van der Waals surface area contributed by atoms with E-state index in [-0.39, 0.29) is 30.0 Å². The second kappa shape index (κ2) is 5.64. The van der Waals surface area contributed by atoms with Gasteiger partial charge >= 0.3 is 16.5 Å². The molecule has 0 spiro atoms. The van der Waals surface area contributed by atoms with Gasteiger partial charge in [-0.3, -0.25) is 9.18 Å². The zero-order valence-corrected chi connectivity index (χ0v) is 13.0. The first kappa shape index (κ1) is 16.9. The van der Waals surface area contributed by atoms with Crippen LogP contribution in [0.5, 0.6) is 0 Å². The van der Waals surface area contributed by atoms with Gasteiger partial charge in [-0.25, -0.2) is 0 Å². The van der Waals surface area contributed by atoms with Crippen LogP contribution in [0, 0.1) is 6.92 Å². The molecule has 0 amide bonds. The number of rotatable bonds is 4. The summed E-state index contributed by atoms with van der Waals surface area (Å²) in [4.78, 5) is 4.06. The number of aryl methyl sites for hydroxylation is 1. The first-order chi connectivity index (χ1) is 10.0. The number of fused-ring (bicyclic) bond motifs is 1. The van der Waals surface area contributed by atoms with Crippen molar-refractivity contribution in [2.45, 2.75) is 19.5 Å². The van der Waals surface area contributed by atoms with E-state index in [4.69, 9.17) is 4.18 Å². The Morgan fingerprint density at radius 1 is 1.32 bits per heavy atom. The van der Waals surface area contributed by atoms with Gasteiger partial charge in [0.2, 0.25) is 0 Å². The Labute approximate surface area is 126 Å². The normalized spacial score (nSPS) is 15.1. The third-order valence-electron chi connectivity index (χ3n) is 3.16. The molecule has 0 atom stereocenters. The maximum absolute atomic E-state index is 13.0. The van der Waals surface area contributed by atoms with Gasteiger partial charge in [0.15, 0.2) is 0 Å². The van der Waals surface area contributed by atoms with Crippen molar-refractivity contribution in [3.8, 4) is 0 Å². The largest absolute Gasteiger partial charge is 0.416 e. The minimum atomic E-state index is -4.47. The van der Waals surface area contributed by atoms with Crippen molar-refractivity contribution in [1.82, 2.24) is 4.31 Å². The molecule has 1 aromatic carbocycles. The fourth-order valence-electron chi connectivity index (χ4n) is 2.08. The Morgan fingerprint density at radius 2 is 1.95 bits per heavy atom. The monoisotopic (exact) mass is 336 g/mol. The molecule has 2 rings (SSSR count). The molecule has 122 valence electrons. The van der Waals surface area contributed by atoms with Gasteiger partial charge in [0.25, 0.3) is 0 Å². The molecule has 1 aliphatic rings. The molecule has 22 heavy (non-hydrogen) atoms. The molecular formula is C13H15F3N2O3S. The van der Waals surface area contributed by atoms with Crippen LogP contribution in [0.3, 0.4) is 0 Å². The summed E-state index contributed by atoms with van der Waals surface area (Å²) in [5.41, 5.74) is 0.221. The van der Waals surface area contributed by atoms with Crippen molar-refractivity contribution in [2.75, 3.05) is 20.7 Å². The number of alkyl halides is 3. The van der Waals surface area contributed by atoms with E-state index in [0.717, 1.165) is 10.4 Å². The van der Waals surface area contributed by atoms with E-state index in [1.165, 1.54) is 20.2 Å². The minimum absolute atomic E-state index is 0.0546. The Hall–Kier alpha value is -1.45. The average molecular weight is 336 g/mol. The van der Waals surface area contributed by atoms with Gasteiger partial charge in [-0.15, -0.1) is 0 Å². The molecule has 0 radical (unpaired) electrons. The van der Waals surface area contributed by atoms with Gasteiger partial charge in [-0.2, -0.15) is 25.9 Å². The van der Waals surface area contributed by atoms with Crippen molar-refractivity contribution in [3.05, 3.63) is 28.8 Å². The van der Waals surface area contributed by atoms with Crippen LogP contribution in [-0.4, -0.2) is 39.1 Å². The highest BCUT2D eigenvalue weighted by Gasteiger charge is 2.36. The molecule has 0 fully saturated rings. The molecule has 1 aliphatic heterocycles. The van der Waals surface area contributed by atoms with Crippen molar-refractivity contribution < 1.29 is 25.8 Å². The Kier molecular flexibility index (Phi) is 4.33. The van der Waals surface area contributed by atoms with Gasteiger partial charge < -0.3 is 0 Å². The molecule has 0 bridgehead atoms. The summed E-state index contributed by atoms with van der Waals surface area (Å²) < 4.78 is 67.8. The van der Waals surface area contributed by atoms with Crippen LogP contribution in [-0.2, 0) is 27.1 Å². The summed E-state index contributed by atoms with van der Waals surface area (Å²) in [7, 11) is -1.29. The predicted octanol–water partition coefficient (Wildman–Crippen LogP) is 2.47. The standard InChI is InChI=1S/C13H15F3N2O3S/c1-8-4-11(13(14,15)16)10-6-9(17-12(10)5-8)7-21-22(19,20)18(2)3/h4-5H,6-7H2,1-3H3. The van der Waals surface area contributed by atoms with Crippen LogP contribution in [0.2, 0.25) is 0 Å². The molecule has 0 aromatic heterocycles. The fourth-order valence-corrected chi connectivity index (χ4v) is 2.58. The summed E-state index contributed by atoms with van der Waals surface area (Å²) in [5.74, 6) is 0. The lowest BCUT2D eigenvalue weighted by Crippen LogP contribution is -2.27. The molecular weight excluding hydrogens is 321 g/mol. The van der Waals surface area contributed by atoms with E-state index >= 15 is 0 Å². The third kappa shape index (κ3) is 3.47. The van der Waals surface area contributed by atoms with E-state index in [1.54, 1.807) is 6.92 Å². The van der Waals surface area contributed by atoms with E-state index < -0.39 is 22.0 Å². The summed E-state index contributed by atoms with van der Waals surface area (Å²) in [6.45, 7) is 1.18. The van der Waals surface area contributed by atoms with Crippen molar-refractivity contribution in [3.63, 3.8) is 0 Å². The van der Waals surface area contributed by atoms with Crippen molar-refractivity contribution in [1.29, 1.82) is 0 Å². The first-order valence-corrected chi connectivity index (χ1v) is 7.71. The number of benzene rings is 1. The molecule has 1 aromatic rings. The number of hydrogen-bond donors (Lipinski definition) is 0. The van der Waals surface area contributed by atoms with Crippen LogP contribution >= 0.6 is 0 Å². The third-order valence-corrected chi connectivity index (χ3v) is 4.47. The molecule has 9 heteroatoms. The van der Waals surface area contributed by atoms with Crippen LogP contribution < -0.4 is 0 Å². The number of aliphatic imine (C=N–C) groups is 1. The number of nitrogens with zero attached hydrogens (tertiary/aromatic N) is 2. The highest BCUT2D eigenvalue weighted by molar-refractivity contribution is 7.84. The molecule has 0 unspecified atom stereocenters. The van der Waals surface area contributed by atoms with Crippen LogP contribution in [0.25, 0.3) is 0 Å². The number of hydrogen-bond acceptors (Lipinski definition) is 4. The van der Waals surface area contributed by atoms with Gasteiger partial charge in [0.05, 0.1) is 17.0 Å². The Balaban J connectivity index is 2.23. The predicted molar refractivity (Wildman–Crippen MR) is 75.5 cm³/mol.